The van der Waals surface area contributed by atoms with Crippen LogP contribution >= 0.6 is 0 Å². The Bertz CT molecular complexity index is 929. The molecule has 32 heavy (non-hydrogen) atoms. The van der Waals surface area contributed by atoms with Gasteiger partial charge in [0.2, 0.25) is 11.8 Å². The van der Waals surface area contributed by atoms with Crippen LogP contribution in [0.25, 0.3) is 0 Å². The molecule has 7 nitrogen and oxygen atoms in total. The van der Waals surface area contributed by atoms with Crippen LogP contribution in [0.15, 0.2) is 54.6 Å². The Balaban J connectivity index is 1.83. The molecule has 2 aromatic rings. The first-order valence-electron chi connectivity index (χ1n) is 11.0. The third-order valence-corrected chi connectivity index (χ3v) is 5.79. The maximum absolute atomic E-state index is 13.5. The fraction of sp³-hybridized carbons (Fsp3) is 0.400. The molecule has 2 amide bonds. The van der Waals surface area contributed by atoms with Crippen molar-refractivity contribution in [2.75, 3.05) is 13.2 Å². The molecule has 3 rings (SSSR count). The lowest BCUT2D eigenvalue weighted by Crippen LogP contribution is -2.53. The average Bonchev–Trinajstić information content (AvgIpc) is 3.25. The van der Waals surface area contributed by atoms with Gasteiger partial charge in [0.15, 0.2) is 0 Å². The van der Waals surface area contributed by atoms with Crippen molar-refractivity contribution in [1.82, 2.24) is 10.2 Å². The topological polar surface area (TPSA) is 95.9 Å². The van der Waals surface area contributed by atoms with E-state index in [0.29, 0.717) is 19.6 Å². The summed E-state index contributed by atoms with van der Waals surface area (Å²) in [4.78, 5) is 39.2. The van der Waals surface area contributed by atoms with Crippen LogP contribution in [0.4, 0.5) is 0 Å². The molecular formula is C25H30N2O5. The monoisotopic (exact) mass is 438 g/mol. The Labute approximate surface area is 188 Å². The summed E-state index contributed by atoms with van der Waals surface area (Å²) in [5.41, 5.74) is 1.75. The van der Waals surface area contributed by atoms with Crippen molar-refractivity contribution in [2.24, 2.45) is 0 Å². The van der Waals surface area contributed by atoms with Gasteiger partial charge in [0, 0.05) is 25.3 Å². The molecule has 2 aromatic carbocycles. The lowest BCUT2D eigenvalue weighted by Gasteiger charge is -2.29. The summed E-state index contributed by atoms with van der Waals surface area (Å²) in [6.07, 6.45) is 1.07. The first kappa shape index (κ1) is 23.3. The number of hydrogen-bond acceptors (Lipinski definition) is 4. The predicted octanol–water partition coefficient (Wildman–Crippen LogP) is 2.99. The molecule has 3 atom stereocenters. The summed E-state index contributed by atoms with van der Waals surface area (Å²) in [6.45, 7) is 4.51. The molecule has 0 radical (unpaired) electrons. The zero-order valence-corrected chi connectivity index (χ0v) is 18.5. The number of amides is 2. The number of carbonyl (C=O) groups is 3. The molecule has 0 aromatic heterocycles. The van der Waals surface area contributed by atoms with E-state index in [-0.39, 0.29) is 30.6 Å². The number of rotatable bonds is 9. The van der Waals surface area contributed by atoms with Crippen molar-refractivity contribution in [3.63, 3.8) is 0 Å². The van der Waals surface area contributed by atoms with Gasteiger partial charge in [-0.2, -0.15) is 0 Å². The summed E-state index contributed by atoms with van der Waals surface area (Å²) >= 11 is 0. The van der Waals surface area contributed by atoms with E-state index in [1.807, 2.05) is 61.5 Å². The van der Waals surface area contributed by atoms with Gasteiger partial charge in [-0.25, -0.2) is 4.79 Å². The quantitative estimate of drug-likeness (QED) is 0.628. The standard InChI is InChI=1S/C25H30N2O5/c1-3-22(28)26-21(16-17-10-12-19(13-11-17)32-4-2)24(29)27-15-14-20(23(27)25(30)31)18-8-6-5-7-9-18/h5-13,20-21,23H,3-4,14-16H2,1-2H3,(H,26,28)(H,30,31)/t20-,21-,23+/m1/s1. The third kappa shape index (κ3) is 5.46. The van der Waals surface area contributed by atoms with Gasteiger partial charge in [0.25, 0.3) is 0 Å². The van der Waals surface area contributed by atoms with Crippen molar-refractivity contribution in [1.29, 1.82) is 0 Å². The van der Waals surface area contributed by atoms with Crippen LogP contribution in [-0.2, 0) is 20.8 Å². The van der Waals surface area contributed by atoms with Crippen LogP contribution in [0.2, 0.25) is 0 Å². The Kier molecular flexibility index (Phi) is 7.87. The molecule has 1 fully saturated rings. The zero-order valence-electron chi connectivity index (χ0n) is 18.5. The molecule has 1 heterocycles. The first-order valence-corrected chi connectivity index (χ1v) is 11.0. The maximum Gasteiger partial charge on any atom is 0.327 e. The number of carboxylic acids is 1. The molecule has 170 valence electrons. The third-order valence-electron chi connectivity index (χ3n) is 5.79. The van der Waals surface area contributed by atoms with Crippen molar-refractivity contribution < 1.29 is 24.2 Å². The number of likely N-dealkylation sites (tertiary alicyclic amines) is 1. The number of carboxylic acid groups (broad SMARTS) is 1. The smallest absolute Gasteiger partial charge is 0.327 e. The molecule has 0 saturated carbocycles. The van der Waals surface area contributed by atoms with E-state index in [2.05, 4.69) is 5.32 Å². The maximum atomic E-state index is 13.5. The first-order chi connectivity index (χ1) is 15.4. The number of nitrogens with one attached hydrogen (secondary N) is 1. The fourth-order valence-corrected chi connectivity index (χ4v) is 4.21. The van der Waals surface area contributed by atoms with E-state index in [9.17, 15) is 19.5 Å². The highest BCUT2D eigenvalue weighted by Crippen LogP contribution is 2.34. The van der Waals surface area contributed by atoms with E-state index in [1.165, 1.54) is 4.90 Å². The van der Waals surface area contributed by atoms with E-state index in [4.69, 9.17) is 4.74 Å². The van der Waals surface area contributed by atoms with Gasteiger partial charge in [0.05, 0.1) is 6.61 Å². The number of nitrogens with zero attached hydrogens (tertiary/aromatic N) is 1. The molecule has 0 aliphatic carbocycles. The molecule has 1 saturated heterocycles. The van der Waals surface area contributed by atoms with Crippen LogP contribution in [0.5, 0.6) is 5.75 Å². The molecule has 1 aliphatic heterocycles. The minimum absolute atomic E-state index is 0.238. The Hall–Kier alpha value is -3.35. The van der Waals surface area contributed by atoms with Crippen molar-refractivity contribution in [3.05, 3.63) is 65.7 Å². The van der Waals surface area contributed by atoms with Crippen molar-refractivity contribution in [2.45, 2.75) is 51.1 Å². The summed E-state index contributed by atoms with van der Waals surface area (Å²) < 4.78 is 5.46. The van der Waals surface area contributed by atoms with E-state index in [0.717, 1.165) is 16.9 Å². The molecule has 0 unspecified atom stereocenters. The molecule has 0 bridgehead atoms. The highest BCUT2D eigenvalue weighted by atomic mass is 16.5. The zero-order chi connectivity index (χ0) is 23.1. The number of aliphatic carboxylic acids is 1. The summed E-state index contributed by atoms with van der Waals surface area (Å²) in [6, 6.07) is 15.0. The minimum Gasteiger partial charge on any atom is -0.494 e. The normalized spacial score (nSPS) is 18.8. The number of carbonyl (C=O) groups excluding carboxylic acids is 2. The highest BCUT2D eigenvalue weighted by molar-refractivity contribution is 5.91. The largest absolute Gasteiger partial charge is 0.494 e. The average molecular weight is 439 g/mol. The minimum atomic E-state index is -1.04. The molecule has 7 heteroatoms. The Morgan fingerprint density at radius 3 is 2.38 bits per heavy atom. The lowest BCUT2D eigenvalue weighted by atomic mass is 9.91. The van der Waals surface area contributed by atoms with Crippen LogP contribution in [0, 0.1) is 0 Å². The van der Waals surface area contributed by atoms with Crippen LogP contribution < -0.4 is 10.1 Å². The second-order valence-electron chi connectivity index (χ2n) is 7.88. The second-order valence-corrected chi connectivity index (χ2v) is 7.88. The highest BCUT2D eigenvalue weighted by Gasteiger charge is 2.44. The number of benzene rings is 2. The Morgan fingerprint density at radius 2 is 1.78 bits per heavy atom. The molecule has 1 aliphatic rings. The SMILES string of the molecule is CCOc1ccc(C[C@@H](NC(=O)CC)C(=O)N2CC[C@H](c3ccccc3)[C@H]2C(=O)O)cc1. The number of ether oxygens (including phenoxy) is 1. The van der Waals surface area contributed by atoms with E-state index in [1.54, 1.807) is 6.92 Å². The van der Waals surface area contributed by atoms with E-state index >= 15 is 0 Å². The van der Waals surface area contributed by atoms with Crippen LogP contribution in [0.1, 0.15) is 43.7 Å². The predicted molar refractivity (Wildman–Crippen MR) is 120 cm³/mol. The lowest BCUT2D eigenvalue weighted by molar-refractivity contribution is -0.149. The van der Waals surface area contributed by atoms with Gasteiger partial charge in [-0.1, -0.05) is 49.4 Å². The van der Waals surface area contributed by atoms with Crippen LogP contribution in [0.3, 0.4) is 0 Å². The van der Waals surface area contributed by atoms with Gasteiger partial charge in [-0.3, -0.25) is 9.59 Å². The summed E-state index contributed by atoms with van der Waals surface area (Å²) in [5.74, 6) is -1.21. The van der Waals surface area contributed by atoms with Crippen molar-refractivity contribution in [3.8, 4) is 5.75 Å². The van der Waals surface area contributed by atoms with Gasteiger partial charge in [0.1, 0.15) is 17.8 Å². The molecular weight excluding hydrogens is 408 g/mol. The van der Waals surface area contributed by atoms with Crippen molar-refractivity contribution >= 4 is 17.8 Å². The van der Waals surface area contributed by atoms with Gasteiger partial charge in [-0.05, 0) is 36.6 Å². The summed E-state index contributed by atoms with van der Waals surface area (Å²) in [7, 11) is 0. The van der Waals surface area contributed by atoms with Crippen LogP contribution in [-0.4, -0.2) is 53.0 Å². The van der Waals surface area contributed by atoms with Gasteiger partial charge < -0.3 is 20.1 Å². The fourth-order valence-electron chi connectivity index (χ4n) is 4.21. The van der Waals surface area contributed by atoms with Gasteiger partial charge >= 0.3 is 5.97 Å². The Morgan fingerprint density at radius 1 is 1.09 bits per heavy atom. The summed E-state index contributed by atoms with van der Waals surface area (Å²) in [5, 5.41) is 12.7. The van der Waals surface area contributed by atoms with Gasteiger partial charge in [-0.15, -0.1) is 0 Å². The molecule has 2 N–H and O–H groups in total. The van der Waals surface area contributed by atoms with E-state index < -0.39 is 18.1 Å². The second kappa shape index (κ2) is 10.8. The molecule has 0 spiro atoms. The number of hydrogen-bond donors (Lipinski definition) is 2.